The van der Waals surface area contributed by atoms with Crippen LogP contribution < -0.4 is 5.73 Å². The summed E-state index contributed by atoms with van der Waals surface area (Å²) in [6, 6.07) is 9.55. The first kappa shape index (κ1) is 14.8. The minimum absolute atomic E-state index is 0.439. The predicted molar refractivity (Wildman–Crippen MR) is 94.5 cm³/mol. The van der Waals surface area contributed by atoms with Crippen LogP contribution in [0.15, 0.2) is 39.3 Å². The molecule has 3 rings (SSSR count). The molecule has 0 aliphatic carbocycles. The number of aryl methyl sites for hydroxylation is 1. The standard InChI is InChI=1S/C15H10Br2ClN3/c1-7-2-8(4-10(18)3-7)15-20-13-11(14(19)21-15)5-9(16)6-12(13)17/h2-6H,1H3,(H2,19,20,21). The van der Waals surface area contributed by atoms with Crippen LogP contribution in [0, 0.1) is 6.92 Å². The summed E-state index contributed by atoms with van der Waals surface area (Å²) in [7, 11) is 0. The number of aromatic nitrogens is 2. The third-order valence-electron chi connectivity index (χ3n) is 3.05. The molecule has 0 fully saturated rings. The van der Waals surface area contributed by atoms with Crippen molar-refractivity contribution in [2.24, 2.45) is 0 Å². The lowest BCUT2D eigenvalue weighted by Crippen LogP contribution is -1.98. The van der Waals surface area contributed by atoms with Gasteiger partial charge < -0.3 is 5.73 Å². The van der Waals surface area contributed by atoms with E-state index in [4.69, 9.17) is 17.3 Å². The fraction of sp³-hybridized carbons (Fsp3) is 0.0667. The van der Waals surface area contributed by atoms with Crippen LogP contribution in [0.5, 0.6) is 0 Å². The molecule has 1 heterocycles. The summed E-state index contributed by atoms with van der Waals surface area (Å²) in [5.41, 5.74) is 8.76. The van der Waals surface area contributed by atoms with Gasteiger partial charge >= 0.3 is 0 Å². The van der Waals surface area contributed by atoms with Crippen molar-refractivity contribution in [3.63, 3.8) is 0 Å². The molecule has 106 valence electrons. The second kappa shape index (κ2) is 5.55. The van der Waals surface area contributed by atoms with Crippen LogP contribution in [0.1, 0.15) is 5.56 Å². The number of rotatable bonds is 1. The van der Waals surface area contributed by atoms with Crippen LogP contribution in [0.2, 0.25) is 5.02 Å². The first-order valence-electron chi connectivity index (χ1n) is 6.14. The van der Waals surface area contributed by atoms with E-state index in [1.165, 1.54) is 0 Å². The molecule has 0 saturated carbocycles. The SMILES string of the molecule is Cc1cc(Cl)cc(-c2nc(N)c3cc(Br)cc(Br)c3n2)c1. The van der Waals surface area contributed by atoms with E-state index >= 15 is 0 Å². The van der Waals surface area contributed by atoms with Gasteiger partial charge in [-0.2, -0.15) is 0 Å². The number of anilines is 1. The Morgan fingerprint density at radius 2 is 1.81 bits per heavy atom. The maximum Gasteiger partial charge on any atom is 0.162 e. The van der Waals surface area contributed by atoms with Crippen molar-refractivity contribution in [1.29, 1.82) is 0 Å². The summed E-state index contributed by atoms with van der Waals surface area (Å²) in [6.07, 6.45) is 0. The molecular weight excluding hydrogens is 417 g/mol. The number of fused-ring (bicyclic) bond motifs is 1. The molecule has 0 aliphatic rings. The molecule has 0 unspecified atom stereocenters. The quantitative estimate of drug-likeness (QED) is 0.568. The normalized spacial score (nSPS) is 11.0. The number of benzene rings is 2. The summed E-state index contributed by atoms with van der Waals surface area (Å²) in [5, 5.41) is 1.46. The zero-order valence-electron chi connectivity index (χ0n) is 11.0. The topological polar surface area (TPSA) is 51.8 Å². The van der Waals surface area contributed by atoms with Crippen molar-refractivity contribution in [3.05, 3.63) is 49.9 Å². The first-order chi connectivity index (χ1) is 9.94. The minimum atomic E-state index is 0.439. The van der Waals surface area contributed by atoms with Gasteiger partial charge in [0.15, 0.2) is 5.82 Å². The largest absolute Gasteiger partial charge is 0.383 e. The van der Waals surface area contributed by atoms with E-state index in [9.17, 15) is 0 Å². The molecule has 2 aromatic carbocycles. The highest BCUT2D eigenvalue weighted by Crippen LogP contribution is 2.32. The summed E-state index contributed by atoms with van der Waals surface area (Å²) in [5.74, 6) is 1.00. The van der Waals surface area contributed by atoms with Crippen LogP contribution in [-0.4, -0.2) is 9.97 Å². The molecule has 21 heavy (non-hydrogen) atoms. The minimum Gasteiger partial charge on any atom is -0.383 e. The lowest BCUT2D eigenvalue weighted by molar-refractivity contribution is 1.22. The number of hydrogen-bond acceptors (Lipinski definition) is 3. The molecule has 0 spiro atoms. The lowest BCUT2D eigenvalue weighted by atomic mass is 10.1. The van der Waals surface area contributed by atoms with E-state index in [1.54, 1.807) is 0 Å². The predicted octanol–water partition coefficient (Wildman–Crippen LogP) is 5.37. The van der Waals surface area contributed by atoms with Gasteiger partial charge in [-0.25, -0.2) is 9.97 Å². The number of nitrogen functional groups attached to an aromatic ring is 1. The van der Waals surface area contributed by atoms with E-state index < -0.39 is 0 Å². The van der Waals surface area contributed by atoms with Crippen molar-refractivity contribution >= 4 is 60.2 Å². The van der Waals surface area contributed by atoms with E-state index in [-0.39, 0.29) is 0 Å². The fourth-order valence-corrected chi connectivity index (χ4v) is 3.78. The molecule has 0 bridgehead atoms. The Morgan fingerprint density at radius 1 is 1.05 bits per heavy atom. The van der Waals surface area contributed by atoms with Crippen LogP contribution >= 0.6 is 43.5 Å². The number of nitrogens with two attached hydrogens (primary N) is 1. The van der Waals surface area contributed by atoms with Gasteiger partial charge in [-0.3, -0.25) is 0 Å². The van der Waals surface area contributed by atoms with Crippen LogP contribution in [0.4, 0.5) is 5.82 Å². The maximum atomic E-state index is 6.11. The Labute approximate surface area is 143 Å². The van der Waals surface area contributed by atoms with Gasteiger partial charge in [0.25, 0.3) is 0 Å². The average Bonchev–Trinajstić information content (AvgIpc) is 2.38. The van der Waals surface area contributed by atoms with Crippen LogP contribution in [0.3, 0.4) is 0 Å². The first-order valence-corrected chi connectivity index (χ1v) is 8.10. The zero-order valence-corrected chi connectivity index (χ0v) is 14.9. The third-order valence-corrected chi connectivity index (χ3v) is 4.33. The Hall–Kier alpha value is -1.17. The highest BCUT2D eigenvalue weighted by Gasteiger charge is 2.11. The van der Waals surface area contributed by atoms with E-state index in [2.05, 4.69) is 41.8 Å². The second-order valence-corrected chi connectivity index (χ2v) is 6.94. The number of hydrogen-bond donors (Lipinski definition) is 1. The Kier molecular flexibility index (Phi) is 3.90. The Bertz CT molecular complexity index is 845. The highest BCUT2D eigenvalue weighted by atomic mass is 79.9. The van der Waals surface area contributed by atoms with E-state index in [0.717, 1.165) is 31.0 Å². The van der Waals surface area contributed by atoms with Crippen molar-refractivity contribution in [3.8, 4) is 11.4 Å². The van der Waals surface area contributed by atoms with Gasteiger partial charge in [-0.15, -0.1) is 0 Å². The van der Waals surface area contributed by atoms with Gasteiger partial charge in [-0.1, -0.05) is 27.5 Å². The monoisotopic (exact) mass is 425 g/mol. The molecule has 0 amide bonds. The summed E-state index contributed by atoms with van der Waals surface area (Å²) in [4.78, 5) is 9.01. The number of nitrogens with zero attached hydrogens (tertiary/aromatic N) is 2. The van der Waals surface area contributed by atoms with Gasteiger partial charge in [0, 0.05) is 24.9 Å². The molecule has 3 nitrogen and oxygen atoms in total. The van der Waals surface area contributed by atoms with Crippen molar-refractivity contribution in [2.45, 2.75) is 6.92 Å². The van der Waals surface area contributed by atoms with Crippen molar-refractivity contribution in [2.75, 3.05) is 5.73 Å². The molecule has 1 aromatic heterocycles. The van der Waals surface area contributed by atoms with E-state index in [0.29, 0.717) is 16.7 Å². The average molecular weight is 428 g/mol. The van der Waals surface area contributed by atoms with Crippen molar-refractivity contribution < 1.29 is 0 Å². The lowest BCUT2D eigenvalue weighted by Gasteiger charge is -2.08. The Morgan fingerprint density at radius 3 is 2.52 bits per heavy atom. The van der Waals surface area contributed by atoms with Gasteiger partial charge in [0.05, 0.1) is 5.52 Å². The second-order valence-electron chi connectivity index (χ2n) is 4.73. The molecule has 0 radical (unpaired) electrons. The highest BCUT2D eigenvalue weighted by molar-refractivity contribution is 9.11. The number of halogens is 3. The Balaban J connectivity index is 2.30. The molecule has 2 N–H and O–H groups in total. The van der Waals surface area contributed by atoms with Crippen LogP contribution in [-0.2, 0) is 0 Å². The van der Waals surface area contributed by atoms with Gasteiger partial charge in [-0.05, 0) is 58.7 Å². The van der Waals surface area contributed by atoms with E-state index in [1.807, 2.05) is 37.3 Å². The molecule has 6 heteroatoms. The third kappa shape index (κ3) is 2.91. The van der Waals surface area contributed by atoms with Crippen molar-refractivity contribution in [1.82, 2.24) is 9.97 Å². The molecule has 3 aromatic rings. The summed E-state index contributed by atoms with van der Waals surface area (Å²) in [6.45, 7) is 1.98. The van der Waals surface area contributed by atoms with Crippen LogP contribution in [0.25, 0.3) is 22.3 Å². The molecule has 0 saturated heterocycles. The smallest absolute Gasteiger partial charge is 0.162 e. The van der Waals surface area contributed by atoms with Gasteiger partial charge in [0.1, 0.15) is 5.82 Å². The summed E-state index contributed by atoms with van der Waals surface area (Å²) >= 11 is 13.1. The molecular formula is C15H10Br2ClN3. The molecule has 0 aliphatic heterocycles. The zero-order chi connectivity index (χ0) is 15.1. The fourth-order valence-electron chi connectivity index (χ4n) is 2.17. The maximum absolute atomic E-state index is 6.11. The summed E-state index contributed by atoms with van der Waals surface area (Å²) < 4.78 is 1.78. The van der Waals surface area contributed by atoms with Gasteiger partial charge in [0.2, 0.25) is 0 Å². The molecule has 0 atom stereocenters.